The molecule has 15 nitrogen and oxygen atoms in total. The summed E-state index contributed by atoms with van der Waals surface area (Å²) in [5.74, 6) is -1.21. The fourth-order valence-electron chi connectivity index (χ4n) is 6.60. The van der Waals surface area contributed by atoms with Crippen LogP contribution in [0.2, 0.25) is 0 Å². The lowest BCUT2D eigenvalue weighted by Gasteiger charge is -2.41. The van der Waals surface area contributed by atoms with Crippen molar-refractivity contribution in [2.45, 2.75) is 69.9 Å². The minimum Gasteiger partial charge on any atom is -0.492 e. The van der Waals surface area contributed by atoms with E-state index in [1.165, 1.54) is 13.8 Å². The second kappa shape index (κ2) is 16.4. The topological polar surface area (TPSA) is 204 Å². The molecule has 2 bridgehead atoms. The highest BCUT2D eigenvalue weighted by molar-refractivity contribution is 5.98. The Bertz CT molecular complexity index is 1990. The van der Waals surface area contributed by atoms with Gasteiger partial charge in [-0.25, -0.2) is 4.98 Å². The van der Waals surface area contributed by atoms with Crippen molar-refractivity contribution in [3.63, 3.8) is 0 Å². The Morgan fingerprint density at radius 3 is 2.33 bits per heavy atom. The lowest BCUT2D eigenvalue weighted by atomic mass is 9.88. The summed E-state index contributed by atoms with van der Waals surface area (Å²) in [6.07, 6.45) is -1.03. The molecule has 3 aliphatic rings. The summed E-state index contributed by atoms with van der Waals surface area (Å²) in [5, 5.41) is 21.5. The van der Waals surface area contributed by atoms with Crippen molar-refractivity contribution in [2.75, 3.05) is 26.2 Å². The van der Waals surface area contributed by atoms with Crippen LogP contribution in [0.4, 0.5) is 0 Å². The van der Waals surface area contributed by atoms with Gasteiger partial charge in [0.15, 0.2) is 5.60 Å². The lowest BCUT2D eigenvalue weighted by Crippen LogP contribution is -2.63. The van der Waals surface area contributed by atoms with E-state index in [1.54, 1.807) is 47.4 Å². The number of aromatic nitrogens is 2. The average Bonchev–Trinajstić information content (AvgIpc) is 3.54. The van der Waals surface area contributed by atoms with E-state index in [0.717, 1.165) is 22.4 Å². The number of ether oxygens (including phenoxy) is 2. The fraction of sp³-hybridized carbons (Fsp3) is 0.385. The summed E-state index contributed by atoms with van der Waals surface area (Å²) in [5.41, 5.74) is 1.24. The van der Waals surface area contributed by atoms with E-state index in [2.05, 4.69) is 31.2 Å². The molecule has 7 rings (SSSR count). The smallest absolute Gasteiger partial charge is 0.265 e. The molecule has 6 N–H and O–H groups in total. The van der Waals surface area contributed by atoms with Crippen LogP contribution in [-0.2, 0) is 25.6 Å². The van der Waals surface area contributed by atoms with Gasteiger partial charge in [-0.3, -0.25) is 24.0 Å². The Labute approximate surface area is 312 Å². The highest BCUT2D eigenvalue weighted by Gasteiger charge is 2.46. The van der Waals surface area contributed by atoms with E-state index >= 15 is 0 Å². The SMILES string of the molecule is Cc1nc2ccc(C(=O)N3CCC4(CC3)Oc3ccc(cc3)OCCNC(=O)[C@H](Cc3ccccc3)NC(=O)[C@H](C)NC(=O)C([C@@H](C)O)NC4=O)cc2[nH]1. The molecule has 0 saturated carbocycles. The molecule has 284 valence electrons. The predicted octanol–water partition coefficient (Wildman–Crippen LogP) is 1.53. The van der Waals surface area contributed by atoms with Crippen LogP contribution >= 0.6 is 0 Å². The number of hydrogen-bond donors (Lipinski definition) is 6. The quantitative estimate of drug-likeness (QED) is 0.168. The number of carbonyl (C=O) groups is 5. The van der Waals surface area contributed by atoms with Gasteiger partial charge < -0.3 is 45.7 Å². The number of carbonyl (C=O) groups excluding carboxylic acids is 5. The first-order chi connectivity index (χ1) is 25.9. The molecule has 15 heteroatoms. The number of amides is 5. The second-order valence-electron chi connectivity index (χ2n) is 13.7. The minimum absolute atomic E-state index is 0.0731. The van der Waals surface area contributed by atoms with E-state index < -0.39 is 53.5 Å². The molecule has 0 aliphatic carbocycles. The third-order valence-corrected chi connectivity index (χ3v) is 9.65. The number of piperidine rings is 1. The summed E-state index contributed by atoms with van der Waals surface area (Å²) in [7, 11) is 0. The van der Waals surface area contributed by atoms with Crippen LogP contribution < -0.4 is 30.7 Å². The number of likely N-dealkylation sites (tertiary alicyclic amines) is 1. The number of aromatic amines is 1. The third-order valence-electron chi connectivity index (χ3n) is 9.65. The van der Waals surface area contributed by atoms with Gasteiger partial charge in [0.05, 0.1) is 23.7 Å². The van der Waals surface area contributed by atoms with E-state index in [4.69, 9.17) is 9.47 Å². The molecule has 1 aromatic heterocycles. The summed E-state index contributed by atoms with van der Waals surface area (Å²) in [6.45, 7) is 5.22. The van der Waals surface area contributed by atoms with Crippen molar-refractivity contribution in [1.29, 1.82) is 0 Å². The zero-order chi connectivity index (χ0) is 38.4. The molecule has 1 unspecified atom stereocenters. The zero-order valence-corrected chi connectivity index (χ0v) is 30.4. The number of hydrogen-bond acceptors (Lipinski definition) is 9. The van der Waals surface area contributed by atoms with Crippen molar-refractivity contribution in [3.05, 3.63) is 89.7 Å². The van der Waals surface area contributed by atoms with E-state index in [1.807, 2.05) is 37.3 Å². The van der Waals surface area contributed by atoms with Gasteiger partial charge in [-0.2, -0.15) is 0 Å². The molecule has 3 aliphatic heterocycles. The number of H-pyrrole nitrogens is 1. The molecule has 4 atom stereocenters. The van der Waals surface area contributed by atoms with Gasteiger partial charge in [-0.05, 0) is 68.8 Å². The number of nitrogens with one attached hydrogen (secondary N) is 5. The second-order valence-corrected chi connectivity index (χ2v) is 13.7. The predicted molar refractivity (Wildman–Crippen MR) is 198 cm³/mol. The Morgan fingerprint density at radius 2 is 1.63 bits per heavy atom. The fourth-order valence-corrected chi connectivity index (χ4v) is 6.60. The number of rotatable bonds is 4. The molecule has 4 heterocycles. The van der Waals surface area contributed by atoms with Crippen molar-refractivity contribution >= 4 is 40.6 Å². The van der Waals surface area contributed by atoms with Gasteiger partial charge >= 0.3 is 0 Å². The third kappa shape index (κ3) is 8.80. The van der Waals surface area contributed by atoms with Gasteiger partial charge in [0.2, 0.25) is 17.7 Å². The number of nitrogens with zero attached hydrogens (tertiary/aromatic N) is 2. The van der Waals surface area contributed by atoms with Gasteiger partial charge in [0, 0.05) is 37.9 Å². The van der Waals surface area contributed by atoms with Crippen LogP contribution in [0.1, 0.15) is 48.4 Å². The first-order valence-electron chi connectivity index (χ1n) is 18.0. The first kappa shape index (κ1) is 37.8. The highest BCUT2D eigenvalue weighted by Crippen LogP contribution is 2.32. The van der Waals surface area contributed by atoms with Crippen molar-refractivity contribution in [1.82, 2.24) is 36.1 Å². The highest BCUT2D eigenvalue weighted by atomic mass is 16.5. The summed E-state index contributed by atoms with van der Waals surface area (Å²) in [6, 6.07) is 17.5. The molecule has 1 saturated heterocycles. The monoisotopic (exact) mass is 739 g/mol. The molecule has 5 amide bonds. The number of aliphatic hydroxyl groups is 1. The maximum Gasteiger partial charge on any atom is 0.265 e. The van der Waals surface area contributed by atoms with Crippen molar-refractivity contribution < 1.29 is 38.6 Å². The largest absolute Gasteiger partial charge is 0.492 e. The number of imidazole rings is 1. The van der Waals surface area contributed by atoms with Crippen molar-refractivity contribution in [3.8, 4) is 11.5 Å². The van der Waals surface area contributed by atoms with Gasteiger partial charge in [-0.1, -0.05) is 30.3 Å². The average molecular weight is 740 g/mol. The zero-order valence-electron chi connectivity index (χ0n) is 30.4. The van der Waals surface area contributed by atoms with Crippen LogP contribution in [0, 0.1) is 6.92 Å². The van der Waals surface area contributed by atoms with Gasteiger partial charge in [-0.15, -0.1) is 0 Å². The lowest BCUT2D eigenvalue weighted by molar-refractivity contribution is -0.145. The summed E-state index contributed by atoms with van der Waals surface area (Å²) in [4.78, 5) is 77.2. The molecule has 1 spiro atoms. The number of fused-ring (bicyclic) bond motifs is 16. The number of aryl methyl sites for hydroxylation is 1. The van der Waals surface area contributed by atoms with Crippen LogP contribution in [-0.4, -0.2) is 106 Å². The number of aliphatic hydroxyl groups excluding tert-OH is 1. The summed E-state index contributed by atoms with van der Waals surface area (Å²) >= 11 is 0. The Morgan fingerprint density at radius 1 is 0.926 bits per heavy atom. The first-order valence-corrected chi connectivity index (χ1v) is 18.0. The normalized spacial score (nSPS) is 21.9. The van der Waals surface area contributed by atoms with E-state index in [9.17, 15) is 29.1 Å². The van der Waals surface area contributed by atoms with Gasteiger partial charge in [0.1, 0.15) is 42.1 Å². The number of benzene rings is 3. The van der Waals surface area contributed by atoms with Crippen LogP contribution in [0.5, 0.6) is 11.5 Å². The minimum atomic E-state index is -1.53. The molecule has 3 aromatic carbocycles. The molecule has 1 fully saturated rings. The standard InChI is InChI=1S/C39H45N7O8/c1-23-34(48)44-32(21-26-7-5-4-6-8-26)35(49)40-17-20-53-28-10-12-29(13-11-28)54-39(38(52)45-33(24(2)47)36(50)41-23)15-18-46(19-16-39)37(51)27-9-14-30-31(22-27)43-25(3)42-30/h4-14,22-24,32-33,47H,15-21H2,1-3H3,(H,40,49)(H,41,50)(H,42,43)(H,44,48)(H,45,52)/t23-,24+,32-,33?/m0/s1. The molecule has 0 radical (unpaired) electrons. The molecule has 54 heavy (non-hydrogen) atoms. The van der Waals surface area contributed by atoms with E-state index in [0.29, 0.717) is 17.1 Å². The van der Waals surface area contributed by atoms with Crippen LogP contribution in [0.3, 0.4) is 0 Å². The van der Waals surface area contributed by atoms with Gasteiger partial charge in [0.25, 0.3) is 11.8 Å². The van der Waals surface area contributed by atoms with Crippen molar-refractivity contribution in [2.24, 2.45) is 0 Å². The summed E-state index contributed by atoms with van der Waals surface area (Å²) < 4.78 is 12.2. The molecular formula is C39H45N7O8. The maximum absolute atomic E-state index is 14.2. The Kier molecular flexibility index (Phi) is 11.5. The Balaban J connectivity index is 1.23. The molecule has 4 aromatic rings. The Hall–Kier alpha value is -5.96. The maximum atomic E-state index is 14.2. The van der Waals surface area contributed by atoms with Crippen LogP contribution in [0.15, 0.2) is 72.8 Å². The van der Waals surface area contributed by atoms with E-state index in [-0.39, 0.29) is 51.4 Å². The van der Waals surface area contributed by atoms with Crippen LogP contribution in [0.25, 0.3) is 11.0 Å². The molecular weight excluding hydrogens is 694 g/mol.